The SMILES string of the molecule is CC1(C)CC1(CN)c1ccc(O)cc1. The van der Waals surface area contributed by atoms with E-state index in [2.05, 4.69) is 13.8 Å². The molecular weight excluding hydrogens is 174 g/mol. The topological polar surface area (TPSA) is 46.2 Å². The molecule has 1 unspecified atom stereocenters. The molecule has 1 aromatic rings. The molecule has 2 rings (SSSR count). The highest BCUT2D eigenvalue weighted by atomic mass is 16.3. The van der Waals surface area contributed by atoms with Crippen molar-refractivity contribution in [2.75, 3.05) is 6.54 Å². The molecule has 1 aromatic carbocycles. The van der Waals surface area contributed by atoms with E-state index in [1.54, 1.807) is 12.1 Å². The summed E-state index contributed by atoms with van der Waals surface area (Å²) in [6.45, 7) is 5.17. The molecule has 0 bridgehead atoms. The van der Waals surface area contributed by atoms with Gasteiger partial charge in [-0.1, -0.05) is 26.0 Å². The molecule has 76 valence electrons. The Labute approximate surface area is 84.7 Å². The summed E-state index contributed by atoms with van der Waals surface area (Å²) in [5.41, 5.74) is 7.55. The van der Waals surface area contributed by atoms with E-state index in [1.807, 2.05) is 12.1 Å². The van der Waals surface area contributed by atoms with E-state index < -0.39 is 0 Å². The number of aromatic hydroxyl groups is 1. The van der Waals surface area contributed by atoms with E-state index >= 15 is 0 Å². The van der Waals surface area contributed by atoms with Crippen molar-refractivity contribution in [1.29, 1.82) is 0 Å². The van der Waals surface area contributed by atoms with Crippen LogP contribution in [0.2, 0.25) is 0 Å². The Morgan fingerprint density at radius 2 is 1.79 bits per heavy atom. The molecule has 1 aliphatic rings. The normalized spacial score (nSPS) is 28.8. The number of hydrogen-bond acceptors (Lipinski definition) is 2. The Morgan fingerprint density at radius 3 is 2.14 bits per heavy atom. The van der Waals surface area contributed by atoms with Gasteiger partial charge in [0, 0.05) is 12.0 Å². The minimum absolute atomic E-state index is 0.140. The van der Waals surface area contributed by atoms with E-state index in [4.69, 9.17) is 5.73 Å². The smallest absolute Gasteiger partial charge is 0.115 e. The number of phenolic OH excluding ortho intramolecular Hbond substituents is 1. The average Bonchev–Trinajstić information content (AvgIpc) is 2.71. The summed E-state index contributed by atoms with van der Waals surface area (Å²) in [5.74, 6) is 0.319. The number of benzene rings is 1. The van der Waals surface area contributed by atoms with Crippen molar-refractivity contribution in [3.05, 3.63) is 29.8 Å². The summed E-state index contributed by atoms with van der Waals surface area (Å²) in [6.07, 6.45) is 1.14. The third-order valence-electron chi connectivity index (χ3n) is 3.68. The van der Waals surface area contributed by atoms with E-state index in [0.29, 0.717) is 17.7 Å². The summed E-state index contributed by atoms with van der Waals surface area (Å²) in [5, 5.41) is 9.21. The number of hydrogen-bond donors (Lipinski definition) is 2. The highest BCUT2D eigenvalue weighted by molar-refractivity contribution is 5.40. The van der Waals surface area contributed by atoms with Gasteiger partial charge in [-0.15, -0.1) is 0 Å². The zero-order chi connectivity index (χ0) is 10.4. The molecule has 1 saturated carbocycles. The van der Waals surface area contributed by atoms with Crippen LogP contribution >= 0.6 is 0 Å². The van der Waals surface area contributed by atoms with Crippen LogP contribution in [-0.2, 0) is 5.41 Å². The van der Waals surface area contributed by atoms with Crippen molar-refractivity contribution < 1.29 is 5.11 Å². The molecule has 0 aromatic heterocycles. The van der Waals surface area contributed by atoms with E-state index in [9.17, 15) is 5.11 Å². The highest BCUT2D eigenvalue weighted by Gasteiger charge is 2.60. The molecule has 2 heteroatoms. The van der Waals surface area contributed by atoms with Gasteiger partial charge in [0.1, 0.15) is 5.75 Å². The zero-order valence-corrected chi connectivity index (χ0v) is 8.75. The van der Waals surface area contributed by atoms with Crippen molar-refractivity contribution in [2.24, 2.45) is 11.1 Å². The van der Waals surface area contributed by atoms with Crippen molar-refractivity contribution in [3.8, 4) is 5.75 Å². The van der Waals surface area contributed by atoms with Gasteiger partial charge in [0.15, 0.2) is 0 Å². The van der Waals surface area contributed by atoms with Crippen LogP contribution in [0.3, 0.4) is 0 Å². The number of phenols is 1. The van der Waals surface area contributed by atoms with Crippen LogP contribution in [0.5, 0.6) is 5.75 Å². The van der Waals surface area contributed by atoms with E-state index in [-0.39, 0.29) is 5.41 Å². The van der Waals surface area contributed by atoms with Crippen LogP contribution in [-0.4, -0.2) is 11.7 Å². The first-order valence-corrected chi connectivity index (χ1v) is 5.01. The Balaban J connectivity index is 2.36. The molecule has 14 heavy (non-hydrogen) atoms. The first kappa shape index (κ1) is 9.53. The lowest BCUT2D eigenvalue weighted by molar-refractivity contribution is 0.472. The van der Waals surface area contributed by atoms with Gasteiger partial charge in [0.25, 0.3) is 0 Å². The van der Waals surface area contributed by atoms with Crippen LogP contribution in [0, 0.1) is 5.41 Å². The Bertz CT molecular complexity index is 342. The first-order chi connectivity index (χ1) is 6.52. The van der Waals surface area contributed by atoms with Crippen molar-refractivity contribution in [2.45, 2.75) is 25.7 Å². The minimum Gasteiger partial charge on any atom is -0.508 e. The zero-order valence-electron chi connectivity index (χ0n) is 8.75. The molecule has 0 saturated heterocycles. The second-order valence-electron chi connectivity index (χ2n) is 4.89. The molecule has 0 aliphatic heterocycles. The van der Waals surface area contributed by atoms with Gasteiger partial charge in [0.05, 0.1) is 0 Å². The fourth-order valence-corrected chi connectivity index (χ4v) is 2.45. The summed E-state index contributed by atoms with van der Waals surface area (Å²) in [7, 11) is 0. The molecule has 1 atom stereocenters. The van der Waals surface area contributed by atoms with Gasteiger partial charge < -0.3 is 10.8 Å². The van der Waals surface area contributed by atoms with Crippen LogP contribution in [0.15, 0.2) is 24.3 Å². The fourth-order valence-electron chi connectivity index (χ4n) is 2.45. The van der Waals surface area contributed by atoms with Gasteiger partial charge in [-0.2, -0.15) is 0 Å². The lowest BCUT2D eigenvalue weighted by Crippen LogP contribution is -2.25. The van der Waals surface area contributed by atoms with Crippen molar-refractivity contribution in [3.63, 3.8) is 0 Å². The predicted octanol–water partition coefficient (Wildman–Crippen LogP) is 2.02. The number of rotatable bonds is 2. The van der Waals surface area contributed by atoms with E-state index in [0.717, 1.165) is 6.42 Å². The third kappa shape index (κ3) is 1.14. The molecule has 1 aliphatic carbocycles. The standard InChI is InChI=1S/C12H17NO/c1-11(2)7-12(11,8-13)9-3-5-10(14)6-4-9/h3-6,14H,7-8,13H2,1-2H3. The lowest BCUT2D eigenvalue weighted by atomic mass is 9.88. The Morgan fingerprint density at radius 1 is 1.29 bits per heavy atom. The molecular formula is C12H17NO. The van der Waals surface area contributed by atoms with Gasteiger partial charge in [-0.25, -0.2) is 0 Å². The lowest BCUT2D eigenvalue weighted by Gasteiger charge is -2.18. The number of nitrogens with two attached hydrogens (primary N) is 1. The Hall–Kier alpha value is -1.02. The monoisotopic (exact) mass is 191 g/mol. The van der Waals surface area contributed by atoms with Gasteiger partial charge in [-0.05, 0) is 29.5 Å². The molecule has 1 fully saturated rings. The van der Waals surface area contributed by atoms with Crippen LogP contribution < -0.4 is 5.73 Å². The summed E-state index contributed by atoms with van der Waals surface area (Å²) >= 11 is 0. The fraction of sp³-hybridized carbons (Fsp3) is 0.500. The second kappa shape index (κ2) is 2.74. The molecule has 2 nitrogen and oxygen atoms in total. The van der Waals surface area contributed by atoms with Crippen molar-refractivity contribution >= 4 is 0 Å². The highest BCUT2D eigenvalue weighted by Crippen LogP contribution is 2.63. The van der Waals surface area contributed by atoms with E-state index in [1.165, 1.54) is 5.56 Å². The third-order valence-corrected chi connectivity index (χ3v) is 3.68. The van der Waals surface area contributed by atoms with Crippen LogP contribution in [0.4, 0.5) is 0 Å². The summed E-state index contributed by atoms with van der Waals surface area (Å²) in [6, 6.07) is 7.44. The molecule has 0 amide bonds. The quantitative estimate of drug-likeness (QED) is 0.751. The predicted molar refractivity (Wildman–Crippen MR) is 57.2 cm³/mol. The van der Waals surface area contributed by atoms with Crippen LogP contribution in [0.1, 0.15) is 25.8 Å². The second-order valence-corrected chi connectivity index (χ2v) is 4.89. The average molecular weight is 191 g/mol. The minimum atomic E-state index is 0.140. The van der Waals surface area contributed by atoms with Crippen LogP contribution in [0.25, 0.3) is 0 Å². The van der Waals surface area contributed by atoms with Crippen molar-refractivity contribution in [1.82, 2.24) is 0 Å². The molecule has 3 N–H and O–H groups in total. The largest absolute Gasteiger partial charge is 0.508 e. The Kier molecular flexibility index (Phi) is 1.86. The molecule has 0 heterocycles. The maximum atomic E-state index is 9.21. The summed E-state index contributed by atoms with van der Waals surface area (Å²) < 4.78 is 0. The molecule has 0 spiro atoms. The van der Waals surface area contributed by atoms with Gasteiger partial charge in [-0.3, -0.25) is 0 Å². The van der Waals surface area contributed by atoms with Gasteiger partial charge in [0.2, 0.25) is 0 Å². The first-order valence-electron chi connectivity index (χ1n) is 5.01. The maximum absolute atomic E-state index is 9.21. The van der Waals surface area contributed by atoms with Gasteiger partial charge >= 0.3 is 0 Å². The molecule has 0 radical (unpaired) electrons. The summed E-state index contributed by atoms with van der Waals surface area (Å²) in [4.78, 5) is 0. The maximum Gasteiger partial charge on any atom is 0.115 e.